The number of hydrogen-bond acceptors (Lipinski definition) is 3. The van der Waals surface area contributed by atoms with Crippen LogP contribution >= 0.6 is 11.3 Å². The summed E-state index contributed by atoms with van der Waals surface area (Å²) in [4.78, 5) is 14.7. The van der Waals surface area contributed by atoms with Crippen molar-refractivity contribution >= 4 is 22.9 Å². The van der Waals surface area contributed by atoms with Gasteiger partial charge in [-0.1, -0.05) is 12.8 Å². The van der Waals surface area contributed by atoms with E-state index in [4.69, 9.17) is 0 Å². The van der Waals surface area contributed by atoms with Crippen molar-refractivity contribution < 1.29 is 4.79 Å². The summed E-state index contributed by atoms with van der Waals surface area (Å²) in [5, 5.41) is 10.0. The predicted octanol–water partition coefficient (Wildman–Crippen LogP) is 4.00. The zero-order chi connectivity index (χ0) is 14.8. The molecule has 2 heterocycles. The summed E-state index contributed by atoms with van der Waals surface area (Å²) in [6.07, 6.45) is 7.34. The minimum atomic E-state index is -0.0145. The highest BCUT2D eigenvalue weighted by Gasteiger charge is 2.17. The maximum absolute atomic E-state index is 12.5. The fourth-order valence-electron chi connectivity index (χ4n) is 2.87. The van der Waals surface area contributed by atoms with Gasteiger partial charge in [0.2, 0.25) is 0 Å². The molecule has 2 aromatic rings. The first kappa shape index (κ1) is 14.3. The lowest BCUT2D eigenvalue weighted by Crippen LogP contribution is -2.11. The Morgan fingerprint density at radius 3 is 2.71 bits per heavy atom. The fourth-order valence-corrected chi connectivity index (χ4v) is 4.02. The second-order valence-corrected chi connectivity index (χ2v) is 6.87. The van der Waals surface area contributed by atoms with Crippen LogP contribution in [0.5, 0.6) is 0 Å². The van der Waals surface area contributed by atoms with Crippen LogP contribution in [0.1, 0.15) is 57.2 Å². The van der Waals surface area contributed by atoms with Crippen LogP contribution in [0.4, 0.5) is 5.69 Å². The first-order chi connectivity index (χ1) is 10.1. The lowest BCUT2D eigenvalue weighted by atomic mass is 10.00. The van der Waals surface area contributed by atoms with Crippen LogP contribution in [-0.2, 0) is 12.8 Å². The molecule has 4 nitrogen and oxygen atoms in total. The van der Waals surface area contributed by atoms with E-state index in [1.54, 1.807) is 11.3 Å². The summed E-state index contributed by atoms with van der Waals surface area (Å²) in [6.45, 7) is 3.82. The standard InChI is InChI=1S/C16H21N3OS/c1-10-15(11(2)19-18-10)17-16(20)14-9-12-7-5-3-4-6-8-13(12)21-14/h9H,3-8H2,1-2H3,(H,17,20)(H,18,19). The van der Waals surface area contributed by atoms with E-state index in [0.717, 1.165) is 34.8 Å². The van der Waals surface area contributed by atoms with Crippen LogP contribution in [0, 0.1) is 13.8 Å². The van der Waals surface area contributed by atoms with Crippen LogP contribution in [-0.4, -0.2) is 16.1 Å². The van der Waals surface area contributed by atoms with Gasteiger partial charge in [-0.25, -0.2) is 0 Å². The van der Waals surface area contributed by atoms with E-state index >= 15 is 0 Å². The number of thiophene rings is 1. The summed E-state index contributed by atoms with van der Waals surface area (Å²) in [5.74, 6) is -0.0145. The average molecular weight is 303 g/mol. The number of rotatable bonds is 2. The maximum Gasteiger partial charge on any atom is 0.265 e. The number of carbonyl (C=O) groups is 1. The van der Waals surface area contributed by atoms with E-state index in [9.17, 15) is 4.79 Å². The fraction of sp³-hybridized carbons (Fsp3) is 0.500. The van der Waals surface area contributed by atoms with Crippen LogP contribution < -0.4 is 5.32 Å². The number of anilines is 1. The molecule has 0 atom stereocenters. The normalized spacial score (nSPS) is 15.1. The zero-order valence-corrected chi connectivity index (χ0v) is 13.4. The van der Waals surface area contributed by atoms with Gasteiger partial charge in [0, 0.05) is 4.88 Å². The molecule has 0 aromatic carbocycles. The number of aromatic amines is 1. The van der Waals surface area contributed by atoms with Crippen molar-refractivity contribution in [3.05, 3.63) is 32.8 Å². The lowest BCUT2D eigenvalue weighted by molar-refractivity contribution is 0.103. The lowest BCUT2D eigenvalue weighted by Gasteiger charge is -2.07. The highest BCUT2D eigenvalue weighted by Crippen LogP contribution is 2.29. The third kappa shape index (κ3) is 3.02. The molecule has 1 aliphatic rings. The Morgan fingerprint density at radius 2 is 2.00 bits per heavy atom. The number of nitrogens with one attached hydrogen (secondary N) is 2. The van der Waals surface area contributed by atoms with Crippen molar-refractivity contribution in [2.45, 2.75) is 52.4 Å². The Bertz CT molecular complexity index is 612. The molecular formula is C16H21N3OS. The van der Waals surface area contributed by atoms with Gasteiger partial charge in [-0.05, 0) is 51.2 Å². The molecule has 0 spiro atoms. The van der Waals surface area contributed by atoms with Crippen molar-refractivity contribution in [1.82, 2.24) is 10.2 Å². The maximum atomic E-state index is 12.5. The van der Waals surface area contributed by atoms with E-state index < -0.39 is 0 Å². The first-order valence-electron chi connectivity index (χ1n) is 7.59. The first-order valence-corrected chi connectivity index (χ1v) is 8.41. The minimum absolute atomic E-state index is 0.0145. The van der Waals surface area contributed by atoms with Crippen molar-refractivity contribution in [3.8, 4) is 0 Å². The molecule has 0 radical (unpaired) electrons. The zero-order valence-electron chi connectivity index (χ0n) is 12.6. The molecule has 21 heavy (non-hydrogen) atoms. The van der Waals surface area contributed by atoms with Crippen LogP contribution in [0.2, 0.25) is 0 Å². The summed E-state index contributed by atoms with van der Waals surface area (Å²) in [6, 6.07) is 2.09. The largest absolute Gasteiger partial charge is 0.318 e. The van der Waals surface area contributed by atoms with Gasteiger partial charge in [0.05, 0.1) is 22.0 Å². The Kier molecular flexibility index (Phi) is 4.10. The van der Waals surface area contributed by atoms with E-state index in [1.807, 2.05) is 13.8 Å². The number of amides is 1. The third-order valence-corrected chi connectivity index (χ3v) is 5.32. The summed E-state index contributed by atoms with van der Waals surface area (Å²) in [7, 11) is 0. The number of carbonyl (C=O) groups excluding carboxylic acids is 1. The quantitative estimate of drug-likeness (QED) is 0.881. The molecular weight excluding hydrogens is 282 g/mol. The molecule has 0 fully saturated rings. The van der Waals surface area contributed by atoms with Crippen LogP contribution in [0.25, 0.3) is 0 Å². The van der Waals surface area contributed by atoms with Crippen LogP contribution in [0.3, 0.4) is 0 Å². The number of aryl methyl sites for hydroxylation is 4. The third-order valence-electron chi connectivity index (χ3n) is 4.09. The molecule has 1 aliphatic carbocycles. The molecule has 1 amide bonds. The SMILES string of the molecule is Cc1n[nH]c(C)c1NC(=O)c1cc2c(s1)CCCCCC2. The molecule has 112 valence electrons. The van der Waals surface area contributed by atoms with Crippen molar-refractivity contribution in [2.24, 2.45) is 0 Å². The van der Waals surface area contributed by atoms with E-state index in [0.29, 0.717) is 0 Å². The minimum Gasteiger partial charge on any atom is -0.318 e. The number of H-pyrrole nitrogens is 1. The highest BCUT2D eigenvalue weighted by molar-refractivity contribution is 7.14. The Labute approximate surface area is 129 Å². The van der Waals surface area contributed by atoms with Gasteiger partial charge in [-0.3, -0.25) is 9.89 Å². The van der Waals surface area contributed by atoms with Gasteiger partial charge in [0.25, 0.3) is 5.91 Å². The molecule has 3 rings (SSSR count). The Hall–Kier alpha value is -1.62. The van der Waals surface area contributed by atoms with Crippen molar-refractivity contribution in [3.63, 3.8) is 0 Å². The smallest absolute Gasteiger partial charge is 0.265 e. The van der Waals surface area contributed by atoms with Gasteiger partial charge >= 0.3 is 0 Å². The molecule has 0 saturated carbocycles. The van der Waals surface area contributed by atoms with Gasteiger partial charge in [0.15, 0.2) is 0 Å². The highest BCUT2D eigenvalue weighted by atomic mass is 32.1. The van der Waals surface area contributed by atoms with Crippen molar-refractivity contribution in [1.29, 1.82) is 0 Å². The molecule has 2 aromatic heterocycles. The number of fused-ring (bicyclic) bond motifs is 1. The molecule has 0 aliphatic heterocycles. The second-order valence-electron chi connectivity index (χ2n) is 5.74. The monoisotopic (exact) mass is 303 g/mol. The number of hydrogen-bond donors (Lipinski definition) is 2. The average Bonchev–Trinajstić information content (AvgIpc) is 2.97. The Balaban J connectivity index is 1.80. The van der Waals surface area contributed by atoms with Gasteiger partial charge in [-0.15, -0.1) is 11.3 Å². The second kappa shape index (κ2) is 6.02. The van der Waals surface area contributed by atoms with Crippen LogP contribution in [0.15, 0.2) is 6.07 Å². The topological polar surface area (TPSA) is 57.8 Å². The van der Waals surface area contributed by atoms with Gasteiger partial charge < -0.3 is 5.32 Å². The number of nitrogens with zero attached hydrogens (tertiary/aromatic N) is 1. The molecule has 0 unspecified atom stereocenters. The van der Waals surface area contributed by atoms with E-state index in [2.05, 4.69) is 21.6 Å². The molecule has 0 saturated heterocycles. The van der Waals surface area contributed by atoms with E-state index in [1.165, 1.54) is 36.1 Å². The summed E-state index contributed by atoms with van der Waals surface area (Å²) >= 11 is 1.66. The van der Waals surface area contributed by atoms with E-state index in [-0.39, 0.29) is 5.91 Å². The number of aromatic nitrogens is 2. The summed E-state index contributed by atoms with van der Waals surface area (Å²) < 4.78 is 0. The predicted molar refractivity (Wildman–Crippen MR) is 86.2 cm³/mol. The van der Waals surface area contributed by atoms with Gasteiger partial charge in [0.1, 0.15) is 0 Å². The Morgan fingerprint density at radius 1 is 1.24 bits per heavy atom. The molecule has 0 bridgehead atoms. The van der Waals surface area contributed by atoms with Gasteiger partial charge in [-0.2, -0.15) is 5.10 Å². The van der Waals surface area contributed by atoms with Crippen molar-refractivity contribution in [2.75, 3.05) is 5.32 Å². The molecule has 2 N–H and O–H groups in total. The summed E-state index contributed by atoms with van der Waals surface area (Å²) in [5.41, 5.74) is 3.91. The molecule has 5 heteroatoms.